The fourth-order valence-electron chi connectivity index (χ4n) is 4.39. The molecule has 3 aromatic rings. The molecule has 170 valence electrons. The number of rotatable bonds is 9. The van der Waals surface area contributed by atoms with E-state index in [0.717, 1.165) is 55.9 Å². The van der Waals surface area contributed by atoms with E-state index in [1.54, 1.807) is 4.90 Å². The van der Waals surface area contributed by atoms with E-state index in [9.17, 15) is 4.79 Å². The van der Waals surface area contributed by atoms with Crippen molar-refractivity contribution in [1.29, 1.82) is 0 Å². The second-order valence-electron chi connectivity index (χ2n) is 8.72. The second-order valence-corrected chi connectivity index (χ2v) is 8.72. The number of nitrogens with zero attached hydrogens (tertiary/aromatic N) is 4. The lowest BCUT2D eigenvalue weighted by molar-refractivity contribution is 0.0712. The fourth-order valence-corrected chi connectivity index (χ4v) is 4.39. The van der Waals surface area contributed by atoms with Crippen molar-refractivity contribution < 1.29 is 9.53 Å². The average molecular weight is 435 g/mol. The maximum atomic E-state index is 13.5. The van der Waals surface area contributed by atoms with Crippen LogP contribution in [0.1, 0.15) is 47.1 Å². The Morgan fingerprint density at radius 3 is 2.75 bits per heavy atom. The number of benzene rings is 1. The van der Waals surface area contributed by atoms with Gasteiger partial charge in [-0.2, -0.15) is 0 Å². The molecule has 1 aromatic carbocycles. The summed E-state index contributed by atoms with van der Waals surface area (Å²) in [7, 11) is 1.87. The Labute approximate surface area is 190 Å². The summed E-state index contributed by atoms with van der Waals surface area (Å²) in [6.07, 6.45) is 5.36. The second kappa shape index (κ2) is 10.3. The van der Waals surface area contributed by atoms with Crippen LogP contribution in [0.15, 0.2) is 48.7 Å². The van der Waals surface area contributed by atoms with Gasteiger partial charge in [0, 0.05) is 39.5 Å². The molecule has 1 saturated heterocycles. The zero-order chi connectivity index (χ0) is 22.5. The van der Waals surface area contributed by atoms with Gasteiger partial charge < -0.3 is 14.0 Å². The predicted octanol–water partition coefficient (Wildman–Crippen LogP) is 3.96. The normalized spacial score (nSPS) is 16.2. The van der Waals surface area contributed by atoms with E-state index < -0.39 is 0 Å². The van der Waals surface area contributed by atoms with Gasteiger partial charge in [-0.25, -0.2) is 4.98 Å². The lowest BCUT2D eigenvalue weighted by Crippen LogP contribution is -2.34. The minimum absolute atomic E-state index is 0.0211. The minimum atomic E-state index is -0.0211. The van der Waals surface area contributed by atoms with Gasteiger partial charge in [0.15, 0.2) is 5.69 Å². The van der Waals surface area contributed by atoms with Gasteiger partial charge in [0.05, 0.1) is 11.8 Å². The molecule has 1 aliphatic rings. The highest BCUT2D eigenvalue weighted by molar-refractivity contribution is 5.94. The first-order chi connectivity index (χ1) is 15.6. The number of fused-ring (bicyclic) bond motifs is 1. The molecule has 2 aromatic heterocycles. The Hall–Kier alpha value is -2.70. The Morgan fingerprint density at radius 1 is 1.22 bits per heavy atom. The summed E-state index contributed by atoms with van der Waals surface area (Å²) in [6, 6.07) is 14.4. The Balaban J connectivity index is 1.58. The van der Waals surface area contributed by atoms with Crippen molar-refractivity contribution in [2.75, 3.05) is 33.3 Å². The molecule has 0 saturated carbocycles. The minimum Gasteiger partial charge on any atom is -0.377 e. The third-order valence-corrected chi connectivity index (χ3v) is 6.38. The summed E-state index contributed by atoms with van der Waals surface area (Å²) < 4.78 is 7.95. The molecule has 1 amide bonds. The van der Waals surface area contributed by atoms with Crippen LogP contribution in [0.4, 0.5) is 0 Å². The van der Waals surface area contributed by atoms with Gasteiger partial charge in [0.2, 0.25) is 0 Å². The highest BCUT2D eigenvalue weighted by atomic mass is 16.5. The van der Waals surface area contributed by atoms with Gasteiger partial charge in [-0.15, -0.1) is 0 Å². The average Bonchev–Trinajstić information content (AvgIpc) is 3.46. The van der Waals surface area contributed by atoms with Gasteiger partial charge in [-0.05, 0) is 49.9 Å². The zero-order valence-corrected chi connectivity index (χ0v) is 19.5. The highest BCUT2D eigenvalue weighted by Crippen LogP contribution is 2.21. The number of aryl methyl sites for hydroxylation is 1. The van der Waals surface area contributed by atoms with Crippen molar-refractivity contribution in [2.24, 2.45) is 0 Å². The Bertz CT molecular complexity index is 1040. The first-order valence-electron chi connectivity index (χ1n) is 11.7. The highest BCUT2D eigenvalue weighted by Gasteiger charge is 2.25. The van der Waals surface area contributed by atoms with E-state index in [2.05, 4.69) is 28.4 Å². The number of aromatic nitrogens is 2. The maximum Gasteiger partial charge on any atom is 0.274 e. The van der Waals surface area contributed by atoms with E-state index in [1.165, 1.54) is 5.56 Å². The first-order valence-corrected chi connectivity index (χ1v) is 11.7. The molecule has 3 heterocycles. The van der Waals surface area contributed by atoms with Crippen LogP contribution in [-0.2, 0) is 17.7 Å². The molecule has 1 atom stereocenters. The number of pyridine rings is 1. The number of likely N-dealkylation sites (N-methyl/N-ethyl adjacent to an activating group) is 2. The van der Waals surface area contributed by atoms with E-state index in [4.69, 9.17) is 9.72 Å². The van der Waals surface area contributed by atoms with Crippen molar-refractivity contribution in [3.63, 3.8) is 0 Å². The Morgan fingerprint density at radius 2 is 2.03 bits per heavy atom. The number of imidazole rings is 1. The van der Waals surface area contributed by atoms with Gasteiger partial charge in [0.25, 0.3) is 5.91 Å². The molecule has 1 aliphatic heterocycles. The van der Waals surface area contributed by atoms with Crippen LogP contribution in [0.3, 0.4) is 0 Å². The van der Waals surface area contributed by atoms with Crippen LogP contribution in [0.5, 0.6) is 0 Å². The van der Waals surface area contributed by atoms with Gasteiger partial charge in [-0.3, -0.25) is 9.69 Å². The summed E-state index contributed by atoms with van der Waals surface area (Å²) >= 11 is 0. The lowest BCUT2D eigenvalue weighted by atomic mass is 10.1. The van der Waals surface area contributed by atoms with Crippen LogP contribution in [0.25, 0.3) is 5.65 Å². The van der Waals surface area contributed by atoms with Crippen molar-refractivity contribution >= 4 is 11.6 Å². The quantitative estimate of drug-likeness (QED) is 0.512. The number of carbonyl (C=O) groups is 1. The van der Waals surface area contributed by atoms with Crippen molar-refractivity contribution in [3.8, 4) is 0 Å². The van der Waals surface area contributed by atoms with Crippen LogP contribution >= 0.6 is 0 Å². The molecule has 1 unspecified atom stereocenters. The first kappa shape index (κ1) is 22.5. The molecule has 0 bridgehead atoms. The molecule has 0 aliphatic carbocycles. The maximum absolute atomic E-state index is 13.5. The summed E-state index contributed by atoms with van der Waals surface area (Å²) in [5.74, 6) is -0.0211. The van der Waals surface area contributed by atoms with Crippen LogP contribution in [0, 0.1) is 6.92 Å². The van der Waals surface area contributed by atoms with Crippen LogP contribution in [0.2, 0.25) is 0 Å². The summed E-state index contributed by atoms with van der Waals surface area (Å²) in [5.41, 5.74) is 4.67. The SMILES string of the molecule is CCN(Cc1c(C(=O)N(C)CCc2ccccc2)nc2c(C)cccn12)CC1CCCO1. The topological polar surface area (TPSA) is 50.1 Å². The molecular formula is C26H34N4O2. The molecule has 32 heavy (non-hydrogen) atoms. The van der Waals surface area contributed by atoms with Gasteiger partial charge in [0.1, 0.15) is 5.65 Å². The van der Waals surface area contributed by atoms with E-state index in [1.807, 2.05) is 50.5 Å². The predicted molar refractivity (Wildman–Crippen MR) is 127 cm³/mol. The molecule has 0 N–H and O–H groups in total. The smallest absolute Gasteiger partial charge is 0.274 e. The summed E-state index contributed by atoms with van der Waals surface area (Å²) in [4.78, 5) is 22.5. The lowest BCUT2D eigenvalue weighted by Gasteiger charge is -2.24. The third kappa shape index (κ3) is 5.03. The zero-order valence-electron chi connectivity index (χ0n) is 19.5. The standard InChI is InChI=1S/C26H34N4O2/c1-4-29(18-22-13-9-17-32-22)19-23-24(27-25-20(2)10-8-15-30(23)25)26(31)28(3)16-14-21-11-6-5-7-12-21/h5-8,10-12,15,22H,4,9,13-14,16-19H2,1-3H3. The molecular weight excluding hydrogens is 400 g/mol. The number of ether oxygens (including phenoxy) is 1. The fraction of sp³-hybridized carbons (Fsp3) is 0.462. The molecule has 1 fully saturated rings. The Kier molecular flexibility index (Phi) is 7.22. The number of carbonyl (C=O) groups excluding carboxylic acids is 1. The number of hydrogen-bond acceptors (Lipinski definition) is 4. The van der Waals surface area contributed by atoms with Crippen molar-refractivity contribution in [2.45, 2.75) is 45.8 Å². The van der Waals surface area contributed by atoms with Gasteiger partial charge in [-0.1, -0.05) is 43.3 Å². The summed E-state index contributed by atoms with van der Waals surface area (Å²) in [5, 5.41) is 0. The van der Waals surface area contributed by atoms with Crippen LogP contribution in [-0.4, -0.2) is 64.5 Å². The molecule has 0 spiro atoms. The molecule has 4 rings (SSSR count). The monoisotopic (exact) mass is 434 g/mol. The van der Waals surface area contributed by atoms with Crippen LogP contribution < -0.4 is 0 Å². The van der Waals surface area contributed by atoms with E-state index in [-0.39, 0.29) is 12.0 Å². The number of hydrogen-bond donors (Lipinski definition) is 0. The third-order valence-electron chi connectivity index (χ3n) is 6.38. The van der Waals surface area contributed by atoms with E-state index >= 15 is 0 Å². The molecule has 6 heteroatoms. The largest absolute Gasteiger partial charge is 0.377 e. The summed E-state index contributed by atoms with van der Waals surface area (Å²) in [6.45, 7) is 8.17. The molecule has 0 radical (unpaired) electrons. The van der Waals surface area contributed by atoms with Crippen molar-refractivity contribution in [1.82, 2.24) is 19.2 Å². The van der Waals surface area contributed by atoms with Crippen molar-refractivity contribution in [3.05, 3.63) is 71.2 Å². The molecule has 6 nitrogen and oxygen atoms in total. The van der Waals surface area contributed by atoms with E-state index in [0.29, 0.717) is 18.8 Å². The van der Waals surface area contributed by atoms with Gasteiger partial charge >= 0.3 is 0 Å². The number of amides is 1.